The molecule has 2 aliphatic heterocycles. The zero-order valence-electron chi connectivity index (χ0n) is 12.0. The van der Waals surface area contributed by atoms with Gasteiger partial charge < -0.3 is 15.0 Å². The highest BCUT2D eigenvalue weighted by Gasteiger charge is 2.23. The van der Waals surface area contributed by atoms with E-state index in [1.165, 1.54) is 45.4 Å². The Hall–Kier alpha value is -0.160. The molecule has 2 unspecified atom stereocenters. The summed E-state index contributed by atoms with van der Waals surface area (Å²) < 4.78 is 5.79. The molecule has 0 aliphatic carbocycles. The van der Waals surface area contributed by atoms with Crippen LogP contribution < -0.4 is 5.32 Å². The van der Waals surface area contributed by atoms with Crippen molar-refractivity contribution in [3.05, 3.63) is 0 Å². The van der Waals surface area contributed by atoms with E-state index in [1.807, 2.05) is 0 Å². The molecule has 2 heterocycles. The molecule has 4 nitrogen and oxygen atoms in total. The zero-order chi connectivity index (χ0) is 12.8. The van der Waals surface area contributed by atoms with E-state index in [1.54, 1.807) is 0 Å². The number of hydrogen-bond acceptors (Lipinski definition) is 4. The number of nitrogens with one attached hydrogen (secondary N) is 1. The number of ether oxygens (including phenoxy) is 1. The van der Waals surface area contributed by atoms with Crippen LogP contribution in [-0.4, -0.2) is 74.9 Å². The first-order valence-electron chi connectivity index (χ1n) is 7.54. The van der Waals surface area contributed by atoms with Crippen molar-refractivity contribution in [2.24, 2.45) is 0 Å². The van der Waals surface area contributed by atoms with Crippen LogP contribution in [0.3, 0.4) is 0 Å². The first kappa shape index (κ1) is 14.3. The summed E-state index contributed by atoms with van der Waals surface area (Å²) in [5.74, 6) is 0. The van der Waals surface area contributed by atoms with Crippen molar-refractivity contribution in [1.82, 2.24) is 15.1 Å². The van der Waals surface area contributed by atoms with Crippen LogP contribution in [0.5, 0.6) is 0 Å². The third-order valence-corrected chi connectivity index (χ3v) is 4.24. The molecule has 0 spiro atoms. The van der Waals surface area contributed by atoms with E-state index in [2.05, 4.69) is 29.1 Å². The molecule has 1 N–H and O–H groups in total. The molecule has 0 aromatic rings. The molecule has 0 aromatic carbocycles. The van der Waals surface area contributed by atoms with Crippen molar-refractivity contribution in [1.29, 1.82) is 0 Å². The van der Waals surface area contributed by atoms with Crippen molar-refractivity contribution in [2.45, 2.75) is 38.3 Å². The van der Waals surface area contributed by atoms with Gasteiger partial charge in [0.1, 0.15) is 0 Å². The number of rotatable bonds is 4. The lowest BCUT2D eigenvalue weighted by Crippen LogP contribution is -2.44. The van der Waals surface area contributed by atoms with Gasteiger partial charge >= 0.3 is 0 Å². The van der Waals surface area contributed by atoms with Crippen molar-refractivity contribution in [2.75, 3.05) is 52.9 Å². The third-order valence-electron chi connectivity index (χ3n) is 4.24. The summed E-state index contributed by atoms with van der Waals surface area (Å²) in [6.07, 6.45) is 4.16. The van der Waals surface area contributed by atoms with Crippen molar-refractivity contribution >= 4 is 0 Å². The minimum Gasteiger partial charge on any atom is -0.376 e. The van der Waals surface area contributed by atoms with Crippen LogP contribution in [0.4, 0.5) is 0 Å². The summed E-state index contributed by atoms with van der Waals surface area (Å²) in [4.78, 5) is 5.16. The smallest absolute Gasteiger partial charge is 0.0712 e. The number of hydrogen-bond donors (Lipinski definition) is 1. The summed E-state index contributed by atoms with van der Waals surface area (Å²) in [7, 11) is 2.25. The molecule has 106 valence electrons. The molecular formula is C14H29N3O. The van der Waals surface area contributed by atoms with Gasteiger partial charge in [-0.3, -0.25) is 4.90 Å². The highest BCUT2D eigenvalue weighted by Crippen LogP contribution is 2.14. The average molecular weight is 255 g/mol. The van der Waals surface area contributed by atoms with Gasteiger partial charge in [0.15, 0.2) is 0 Å². The van der Waals surface area contributed by atoms with Gasteiger partial charge in [0, 0.05) is 32.2 Å². The van der Waals surface area contributed by atoms with Gasteiger partial charge in [-0.25, -0.2) is 0 Å². The van der Waals surface area contributed by atoms with Crippen molar-refractivity contribution in [3.63, 3.8) is 0 Å². The van der Waals surface area contributed by atoms with Gasteiger partial charge in [-0.2, -0.15) is 0 Å². The molecule has 0 radical (unpaired) electrons. The van der Waals surface area contributed by atoms with E-state index in [-0.39, 0.29) is 0 Å². The maximum atomic E-state index is 5.79. The van der Waals surface area contributed by atoms with E-state index < -0.39 is 0 Å². The zero-order valence-corrected chi connectivity index (χ0v) is 12.0. The van der Waals surface area contributed by atoms with E-state index in [0.717, 1.165) is 25.7 Å². The van der Waals surface area contributed by atoms with Crippen LogP contribution in [0.25, 0.3) is 0 Å². The molecule has 0 amide bonds. The fourth-order valence-corrected chi connectivity index (χ4v) is 3.09. The average Bonchev–Trinajstić information content (AvgIpc) is 2.59. The molecule has 2 fully saturated rings. The summed E-state index contributed by atoms with van der Waals surface area (Å²) in [5.41, 5.74) is 0. The van der Waals surface area contributed by atoms with E-state index in [0.29, 0.717) is 6.10 Å². The number of morpholine rings is 1. The second-order valence-corrected chi connectivity index (χ2v) is 5.70. The van der Waals surface area contributed by atoms with Gasteiger partial charge in [0.25, 0.3) is 0 Å². The van der Waals surface area contributed by atoms with Crippen LogP contribution in [-0.2, 0) is 4.74 Å². The Labute approximate surface area is 112 Å². The molecule has 0 saturated carbocycles. The number of likely N-dealkylation sites (N-methyl/N-ethyl adjacent to an activating group) is 1. The largest absolute Gasteiger partial charge is 0.376 e. The standard InChI is InChI=1S/C14H29N3O/c1-3-13-12-16(2)7-4-8-17(13)9-5-14-11-15-6-10-18-14/h13-15H,3-12H2,1-2H3. The predicted octanol–water partition coefficient (Wildman–Crippen LogP) is 0.781. The van der Waals surface area contributed by atoms with Gasteiger partial charge in [0.2, 0.25) is 0 Å². The summed E-state index contributed by atoms with van der Waals surface area (Å²) >= 11 is 0. The van der Waals surface area contributed by atoms with Crippen LogP contribution in [0, 0.1) is 0 Å². The Morgan fingerprint density at radius 1 is 1.33 bits per heavy atom. The lowest BCUT2D eigenvalue weighted by molar-refractivity contribution is 0.0144. The van der Waals surface area contributed by atoms with E-state index in [9.17, 15) is 0 Å². The second kappa shape index (κ2) is 7.43. The van der Waals surface area contributed by atoms with Gasteiger partial charge in [-0.05, 0) is 39.4 Å². The SMILES string of the molecule is CCC1CN(C)CCCN1CCC1CNCCO1. The molecule has 0 aromatic heterocycles. The molecule has 2 aliphatic rings. The van der Waals surface area contributed by atoms with Gasteiger partial charge in [0.05, 0.1) is 12.7 Å². The quantitative estimate of drug-likeness (QED) is 0.803. The van der Waals surface area contributed by atoms with Crippen molar-refractivity contribution in [3.8, 4) is 0 Å². The fraction of sp³-hybridized carbons (Fsp3) is 1.00. The Bertz CT molecular complexity index is 231. The summed E-state index contributed by atoms with van der Waals surface area (Å²) in [5, 5.41) is 3.42. The van der Waals surface area contributed by atoms with Crippen LogP contribution >= 0.6 is 0 Å². The van der Waals surface area contributed by atoms with Gasteiger partial charge in [-0.1, -0.05) is 6.92 Å². The topological polar surface area (TPSA) is 27.7 Å². The monoisotopic (exact) mass is 255 g/mol. The number of nitrogens with zero attached hydrogens (tertiary/aromatic N) is 2. The maximum absolute atomic E-state index is 5.79. The Morgan fingerprint density at radius 3 is 2.94 bits per heavy atom. The molecule has 18 heavy (non-hydrogen) atoms. The highest BCUT2D eigenvalue weighted by atomic mass is 16.5. The van der Waals surface area contributed by atoms with E-state index in [4.69, 9.17) is 4.74 Å². The highest BCUT2D eigenvalue weighted by molar-refractivity contribution is 4.79. The molecule has 2 atom stereocenters. The maximum Gasteiger partial charge on any atom is 0.0712 e. The normalized spacial score (nSPS) is 32.3. The van der Waals surface area contributed by atoms with Crippen LogP contribution in [0.2, 0.25) is 0 Å². The van der Waals surface area contributed by atoms with Crippen LogP contribution in [0.1, 0.15) is 26.2 Å². The Morgan fingerprint density at radius 2 is 2.22 bits per heavy atom. The second-order valence-electron chi connectivity index (χ2n) is 5.70. The van der Waals surface area contributed by atoms with E-state index >= 15 is 0 Å². The molecule has 2 rings (SSSR count). The first-order chi connectivity index (χ1) is 8.79. The van der Waals surface area contributed by atoms with Crippen molar-refractivity contribution < 1.29 is 4.74 Å². The minimum atomic E-state index is 0.428. The molecule has 0 bridgehead atoms. The lowest BCUT2D eigenvalue weighted by atomic mass is 10.1. The fourth-order valence-electron chi connectivity index (χ4n) is 3.09. The summed E-state index contributed by atoms with van der Waals surface area (Å²) in [6.45, 7) is 10.2. The first-order valence-corrected chi connectivity index (χ1v) is 7.54. The molecular weight excluding hydrogens is 226 g/mol. The Kier molecular flexibility index (Phi) is 5.89. The predicted molar refractivity (Wildman–Crippen MR) is 75.0 cm³/mol. The van der Waals surface area contributed by atoms with Gasteiger partial charge in [-0.15, -0.1) is 0 Å². The molecule has 2 saturated heterocycles. The summed E-state index contributed by atoms with van der Waals surface area (Å²) in [6, 6.07) is 0.731. The van der Waals surface area contributed by atoms with Crippen LogP contribution in [0.15, 0.2) is 0 Å². The molecule has 4 heteroatoms. The Balaban J connectivity index is 1.78. The third kappa shape index (κ3) is 4.19. The lowest BCUT2D eigenvalue weighted by Gasteiger charge is -2.32. The minimum absolute atomic E-state index is 0.428.